The largest absolute Gasteiger partial charge is 0.455 e. The highest BCUT2D eigenvalue weighted by molar-refractivity contribution is 5.90. The third-order valence-electron chi connectivity index (χ3n) is 9.25. The summed E-state index contributed by atoms with van der Waals surface area (Å²) in [5.74, 6) is -0.326. The van der Waals surface area contributed by atoms with E-state index in [9.17, 15) is 25.0 Å². The summed E-state index contributed by atoms with van der Waals surface area (Å²) in [5, 5.41) is 34.8. The van der Waals surface area contributed by atoms with Crippen LogP contribution in [0.15, 0.2) is 16.8 Å². The van der Waals surface area contributed by atoms with Crippen LogP contribution in [-0.4, -0.2) is 64.0 Å². The Bertz CT molecular complexity index is 775. The Morgan fingerprint density at radius 2 is 1.21 bits per heavy atom. The van der Waals surface area contributed by atoms with Gasteiger partial charge in [0.25, 0.3) is 0 Å². The van der Waals surface area contributed by atoms with Gasteiger partial charge in [-0.25, -0.2) is 4.79 Å². The van der Waals surface area contributed by atoms with E-state index in [4.69, 9.17) is 9.47 Å². The van der Waals surface area contributed by atoms with Crippen LogP contribution < -0.4 is 0 Å². The fraction of sp³-hybridized carbons (Fsp3) is 0.914. The number of cyclic esters (lactones) is 1. The molecule has 1 unspecified atom stereocenters. The van der Waals surface area contributed by atoms with Crippen molar-refractivity contribution in [2.75, 3.05) is 0 Å². The number of nitrogens with zero attached hydrogens (tertiary/aromatic N) is 1. The molecule has 1 fully saturated rings. The van der Waals surface area contributed by atoms with Crippen LogP contribution in [0.4, 0.5) is 0 Å². The molecule has 7 atom stereocenters. The second-order valence-corrected chi connectivity index (χ2v) is 13.2. The summed E-state index contributed by atoms with van der Waals surface area (Å²) in [6, 6.07) is -0.213. The number of nitroso groups, excluding NO2 is 1. The molecule has 43 heavy (non-hydrogen) atoms. The second-order valence-electron chi connectivity index (χ2n) is 13.2. The quantitative estimate of drug-likeness (QED) is 0.0492. The number of carbonyl (C=O) groups excluding carboxylic acids is 1. The molecule has 0 aromatic carbocycles. The lowest BCUT2D eigenvalue weighted by molar-refractivity contribution is -0.139. The molecule has 0 aromatic rings. The molecule has 2 aliphatic rings. The van der Waals surface area contributed by atoms with Gasteiger partial charge in [-0.3, -0.25) is 0 Å². The van der Waals surface area contributed by atoms with Gasteiger partial charge in [-0.15, -0.1) is 0 Å². The second kappa shape index (κ2) is 23.1. The van der Waals surface area contributed by atoms with Gasteiger partial charge in [-0.1, -0.05) is 108 Å². The Hall–Kier alpha value is -1.35. The molecule has 0 aliphatic carbocycles. The van der Waals surface area contributed by atoms with Crippen LogP contribution in [0.5, 0.6) is 0 Å². The Labute approximate surface area is 261 Å². The molecule has 2 aliphatic heterocycles. The minimum atomic E-state index is -0.553. The number of carbonyl (C=O) groups is 1. The first-order valence-corrected chi connectivity index (χ1v) is 17.8. The predicted octanol–water partition coefficient (Wildman–Crippen LogP) is 7.84. The molecular weight excluding hydrogens is 546 g/mol. The highest BCUT2D eigenvalue weighted by Crippen LogP contribution is 2.29. The van der Waals surface area contributed by atoms with Crippen molar-refractivity contribution in [1.29, 1.82) is 0 Å². The lowest BCUT2D eigenvalue weighted by Gasteiger charge is -2.22. The molecule has 0 aromatic heterocycles. The first kappa shape index (κ1) is 37.8. The summed E-state index contributed by atoms with van der Waals surface area (Å²) in [5.41, 5.74) is 0.562. The lowest BCUT2D eigenvalue weighted by atomic mass is 9.98. The maximum absolute atomic E-state index is 11.7. The number of aliphatic hydroxyl groups is 3. The minimum Gasteiger partial charge on any atom is -0.455 e. The monoisotopic (exact) mass is 609 g/mol. The maximum atomic E-state index is 11.7. The lowest BCUT2D eigenvalue weighted by Crippen LogP contribution is -2.31. The van der Waals surface area contributed by atoms with Crippen molar-refractivity contribution in [3.8, 4) is 0 Å². The number of unbranched alkanes of at least 4 members (excludes halogenated alkanes) is 12. The van der Waals surface area contributed by atoms with Crippen LogP contribution in [-0.2, 0) is 14.3 Å². The summed E-state index contributed by atoms with van der Waals surface area (Å²) >= 11 is 0. The summed E-state index contributed by atoms with van der Waals surface area (Å²) < 4.78 is 11.1. The van der Waals surface area contributed by atoms with E-state index < -0.39 is 18.3 Å². The van der Waals surface area contributed by atoms with Gasteiger partial charge in [-0.2, -0.15) is 4.91 Å². The van der Waals surface area contributed by atoms with Crippen molar-refractivity contribution in [2.45, 2.75) is 204 Å². The van der Waals surface area contributed by atoms with Gasteiger partial charge in [0.1, 0.15) is 6.10 Å². The molecule has 0 radical (unpaired) electrons. The molecule has 3 N–H and O–H groups in total. The van der Waals surface area contributed by atoms with Crippen molar-refractivity contribution < 1.29 is 29.6 Å². The Morgan fingerprint density at radius 3 is 1.74 bits per heavy atom. The van der Waals surface area contributed by atoms with Gasteiger partial charge in [0.2, 0.25) is 0 Å². The number of aliphatic hydroxyl groups excluding tert-OH is 3. The van der Waals surface area contributed by atoms with Gasteiger partial charge in [0, 0.05) is 12.0 Å². The van der Waals surface area contributed by atoms with Crippen LogP contribution in [0.2, 0.25) is 0 Å². The van der Waals surface area contributed by atoms with Gasteiger partial charge in [0.05, 0.1) is 36.6 Å². The number of hydrogen-bond donors (Lipinski definition) is 3. The summed E-state index contributed by atoms with van der Waals surface area (Å²) in [7, 11) is 0. The van der Waals surface area contributed by atoms with Gasteiger partial charge >= 0.3 is 5.97 Å². The molecular formula is C35H63NO7. The minimum absolute atomic E-state index is 0.164. The van der Waals surface area contributed by atoms with Gasteiger partial charge in [0.15, 0.2) is 0 Å². The SMILES string of the molecule is CCCCCCCCCCCC[C@H](O)[C@@H]1CC[C@@H]([C@@H](O)CCCCC(CCCCC[C@@H](O)CC2=C[C@H](C)OC2=O)N=O)O1. The molecule has 0 saturated carbocycles. The molecule has 2 rings (SSSR count). The van der Waals surface area contributed by atoms with Crippen LogP contribution in [0.3, 0.4) is 0 Å². The zero-order valence-corrected chi connectivity index (χ0v) is 27.3. The van der Waals surface area contributed by atoms with Crippen molar-refractivity contribution in [1.82, 2.24) is 0 Å². The number of esters is 1. The van der Waals surface area contributed by atoms with Crippen LogP contribution in [0.1, 0.15) is 162 Å². The van der Waals surface area contributed by atoms with Crippen LogP contribution >= 0.6 is 0 Å². The third kappa shape index (κ3) is 16.5. The number of hydrogen-bond acceptors (Lipinski definition) is 8. The van der Waals surface area contributed by atoms with E-state index in [0.717, 1.165) is 70.6 Å². The van der Waals surface area contributed by atoms with Crippen molar-refractivity contribution in [3.63, 3.8) is 0 Å². The van der Waals surface area contributed by atoms with Crippen molar-refractivity contribution >= 4 is 5.97 Å². The van der Waals surface area contributed by atoms with Crippen LogP contribution in [0.25, 0.3) is 0 Å². The number of rotatable bonds is 27. The molecule has 1 saturated heterocycles. The number of ether oxygens (including phenoxy) is 2. The van der Waals surface area contributed by atoms with Gasteiger partial charge in [-0.05, 0) is 57.9 Å². The average Bonchev–Trinajstić information content (AvgIpc) is 3.61. The Kier molecular flexibility index (Phi) is 20.3. The normalized spacial score (nSPS) is 23.1. The zero-order valence-electron chi connectivity index (χ0n) is 27.3. The molecule has 0 amide bonds. The Balaban J connectivity index is 1.45. The molecule has 8 nitrogen and oxygen atoms in total. The van der Waals surface area contributed by atoms with E-state index in [1.54, 1.807) is 6.08 Å². The zero-order chi connectivity index (χ0) is 31.3. The summed E-state index contributed by atoms with van der Waals surface area (Å²) in [6.07, 6.45) is 22.2. The topological polar surface area (TPSA) is 126 Å². The highest BCUT2D eigenvalue weighted by Gasteiger charge is 2.34. The molecule has 250 valence electrons. The van der Waals surface area contributed by atoms with Crippen LogP contribution in [0, 0.1) is 4.91 Å². The fourth-order valence-corrected chi connectivity index (χ4v) is 6.53. The molecule has 0 bridgehead atoms. The van der Waals surface area contributed by atoms with E-state index >= 15 is 0 Å². The van der Waals surface area contributed by atoms with E-state index in [2.05, 4.69) is 12.1 Å². The predicted molar refractivity (Wildman–Crippen MR) is 172 cm³/mol. The van der Waals surface area contributed by atoms with Crippen molar-refractivity contribution in [3.05, 3.63) is 16.6 Å². The molecule has 0 spiro atoms. The van der Waals surface area contributed by atoms with E-state index in [1.165, 1.54) is 57.8 Å². The van der Waals surface area contributed by atoms with Crippen molar-refractivity contribution in [2.24, 2.45) is 5.18 Å². The molecule has 8 heteroatoms. The average molecular weight is 610 g/mol. The first-order valence-electron chi connectivity index (χ1n) is 17.8. The van der Waals surface area contributed by atoms with E-state index in [1.807, 2.05) is 6.92 Å². The highest BCUT2D eigenvalue weighted by atomic mass is 16.5. The Morgan fingerprint density at radius 1 is 0.744 bits per heavy atom. The molecule has 2 heterocycles. The smallest absolute Gasteiger partial charge is 0.334 e. The van der Waals surface area contributed by atoms with E-state index in [-0.39, 0.29) is 30.3 Å². The maximum Gasteiger partial charge on any atom is 0.334 e. The summed E-state index contributed by atoms with van der Waals surface area (Å²) in [6.45, 7) is 4.06. The van der Waals surface area contributed by atoms with E-state index in [0.29, 0.717) is 24.8 Å². The summed E-state index contributed by atoms with van der Waals surface area (Å²) in [4.78, 5) is 23.0. The standard InChI is InChI=1S/C35H63NO7/c1-3-4-5-6-7-8-9-10-11-15-21-31(38)33-23-24-34(43-33)32(39)22-17-16-19-29(36-41)18-13-12-14-20-30(37)26-28-25-27(2)42-35(28)40/h25,27,29-34,37-39H,3-24,26H2,1-2H3/t27-,29?,30+,31-,32-,33-,34-/m0/s1. The van der Waals surface area contributed by atoms with Gasteiger partial charge < -0.3 is 24.8 Å². The third-order valence-corrected chi connectivity index (χ3v) is 9.25. The first-order chi connectivity index (χ1) is 20.8. The fourth-order valence-electron chi connectivity index (χ4n) is 6.53.